The Bertz CT molecular complexity index is 944. The summed E-state index contributed by atoms with van der Waals surface area (Å²) in [6, 6.07) is 6.16. The number of hydrogen-bond donors (Lipinski definition) is 1. The van der Waals surface area contributed by atoms with E-state index in [4.69, 9.17) is 0 Å². The van der Waals surface area contributed by atoms with Crippen molar-refractivity contribution in [3.05, 3.63) is 63.5 Å². The maximum absolute atomic E-state index is 12.6. The van der Waals surface area contributed by atoms with Gasteiger partial charge in [0.15, 0.2) is 5.65 Å². The Labute approximate surface area is 146 Å². The smallest absolute Gasteiger partial charge is 0.276 e. The van der Waals surface area contributed by atoms with E-state index in [1.807, 2.05) is 32.3 Å². The van der Waals surface area contributed by atoms with Crippen LogP contribution in [0, 0.1) is 6.92 Å². The topological polar surface area (TPSA) is 66.3 Å². The van der Waals surface area contributed by atoms with Crippen LogP contribution < -0.4 is 5.56 Å². The zero-order valence-corrected chi connectivity index (χ0v) is 14.7. The zero-order valence-electron chi connectivity index (χ0n) is 14.7. The Morgan fingerprint density at radius 1 is 1.32 bits per heavy atom. The van der Waals surface area contributed by atoms with Gasteiger partial charge < -0.3 is 0 Å². The van der Waals surface area contributed by atoms with E-state index in [-0.39, 0.29) is 5.56 Å². The molecule has 4 heterocycles. The number of nitrogens with one attached hydrogen (secondary N) is 1. The summed E-state index contributed by atoms with van der Waals surface area (Å²) in [7, 11) is 0. The maximum atomic E-state index is 12.6. The fourth-order valence-electron chi connectivity index (χ4n) is 3.78. The molecule has 0 unspecified atom stereocenters. The summed E-state index contributed by atoms with van der Waals surface area (Å²) < 4.78 is 1.60. The van der Waals surface area contributed by atoms with Crippen LogP contribution in [0.25, 0.3) is 5.65 Å². The van der Waals surface area contributed by atoms with Crippen LogP contribution in [0.4, 0.5) is 0 Å². The molecule has 4 rings (SSSR count). The number of aryl methyl sites for hydroxylation is 1. The van der Waals surface area contributed by atoms with Crippen LogP contribution in [0.15, 0.2) is 35.4 Å². The number of fused-ring (bicyclic) bond motifs is 1. The average Bonchev–Trinajstić information content (AvgIpc) is 3.23. The van der Waals surface area contributed by atoms with E-state index in [0.717, 1.165) is 48.7 Å². The molecule has 0 aliphatic carbocycles. The van der Waals surface area contributed by atoms with Crippen molar-refractivity contribution in [3.8, 4) is 0 Å². The third kappa shape index (κ3) is 2.98. The number of aromatic amines is 1. The molecule has 0 spiro atoms. The van der Waals surface area contributed by atoms with Crippen molar-refractivity contribution in [2.45, 2.75) is 39.2 Å². The van der Waals surface area contributed by atoms with Crippen molar-refractivity contribution in [2.24, 2.45) is 0 Å². The van der Waals surface area contributed by atoms with Crippen LogP contribution >= 0.6 is 0 Å². The fourth-order valence-corrected chi connectivity index (χ4v) is 3.78. The first-order valence-corrected chi connectivity index (χ1v) is 8.88. The molecule has 0 bridgehead atoms. The number of pyridine rings is 1. The van der Waals surface area contributed by atoms with Gasteiger partial charge in [0.05, 0.1) is 0 Å². The van der Waals surface area contributed by atoms with Crippen LogP contribution in [0.3, 0.4) is 0 Å². The lowest BCUT2D eigenvalue weighted by atomic mass is 10.1. The van der Waals surface area contributed by atoms with Gasteiger partial charge in [0.25, 0.3) is 5.56 Å². The lowest BCUT2D eigenvalue weighted by Crippen LogP contribution is -2.21. The molecule has 1 atom stereocenters. The van der Waals surface area contributed by atoms with Crippen molar-refractivity contribution < 1.29 is 0 Å². The molecule has 130 valence electrons. The van der Waals surface area contributed by atoms with Crippen LogP contribution in [0.5, 0.6) is 0 Å². The molecular weight excluding hydrogens is 314 g/mol. The lowest BCUT2D eigenvalue weighted by Gasteiger charge is -2.15. The molecule has 25 heavy (non-hydrogen) atoms. The minimum atomic E-state index is 0.0305. The van der Waals surface area contributed by atoms with Crippen molar-refractivity contribution in [1.82, 2.24) is 24.5 Å². The highest BCUT2D eigenvalue weighted by atomic mass is 16.1. The lowest BCUT2D eigenvalue weighted by molar-refractivity contribution is 0.326. The van der Waals surface area contributed by atoms with Crippen molar-refractivity contribution in [2.75, 3.05) is 13.1 Å². The van der Waals surface area contributed by atoms with Gasteiger partial charge in [-0.15, -0.1) is 0 Å². The summed E-state index contributed by atoms with van der Waals surface area (Å²) >= 11 is 0. The van der Waals surface area contributed by atoms with Gasteiger partial charge in [-0.05, 0) is 44.0 Å². The molecule has 6 nitrogen and oxygen atoms in total. The van der Waals surface area contributed by atoms with Gasteiger partial charge in [-0.2, -0.15) is 0 Å². The van der Waals surface area contributed by atoms with Gasteiger partial charge >= 0.3 is 0 Å². The summed E-state index contributed by atoms with van der Waals surface area (Å²) in [4.78, 5) is 23.7. The summed E-state index contributed by atoms with van der Waals surface area (Å²) in [5.41, 5.74) is 4.77. The molecule has 6 heteroatoms. The normalized spacial score (nSPS) is 18.2. The molecule has 0 saturated carbocycles. The Balaban J connectivity index is 1.56. The summed E-state index contributed by atoms with van der Waals surface area (Å²) in [5.74, 6) is 0.410. The Morgan fingerprint density at radius 3 is 2.88 bits per heavy atom. The third-order valence-corrected chi connectivity index (χ3v) is 5.16. The maximum Gasteiger partial charge on any atom is 0.276 e. The summed E-state index contributed by atoms with van der Waals surface area (Å²) in [6.07, 6.45) is 5.48. The SMILES string of the molecule is CCc1c(C)nc2cc([C@@H]3CCN(Cc4ccncc4)C3)[nH]n2c1=O. The van der Waals surface area contributed by atoms with E-state index in [1.165, 1.54) is 5.56 Å². The van der Waals surface area contributed by atoms with Crippen LogP contribution in [0.2, 0.25) is 0 Å². The number of likely N-dealkylation sites (tertiary alicyclic amines) is 1. The van der Waals surface area contributed by atoms with E-state index in [9.17, 15) is 4.79 Å². The van der Waals surface area contributed by atoms with E-state index < -0.39 is 0 Å². The zero-order chi connectivity index (χ0) is 17.4. The third-order valence-electron chi connectivity index (χ3n) is 5.16. The molecule has 0 aromatic carbocycles. The standard InChI is InChI=1S/C19H23N5O/c1-3-16-13(2)21-18-10-17(22-24(18)19(16)25)15-6-9-23(12-15)11-14-4-7-20-8-5-14/h4-5,7-8,10,15,22H,3,6,9,11-12H2,1-2H3/t15-/m1/s1. The van der Waals surface area contributed by atoms with Crippen molar-refractivity contribution in [3.63, 3.8) is 0 Å². The van der Waals surface area contributed by atoms with Gasteiger partial charge in [-0.1, -0.05) is 6.92 Å². The fraction of sp³-hybridized carbons (Fsp3) is 0.421. The largest absolute Gasteiger partial charge is 0.298 e. The number of hydrogen-bond acceptors (Lipinski definition) is 4. The highest BCUT2D eigenvalue weighted by Crippen LogP contribution is 2.27. The minimum Gasteiger partial charge on any atom is -0.298 e. The Hall–Kier alpha value is -2.47. The predicted molar refractivity (Wildman–Crippen MR) is 96.8 cm³/mol. The number of nitrogens with zero attached hydrogens (tertiary/aromatic N) is 4. The van der Waals surface area contributed by atoms with E-state index in [1.54, 1.807) is 4.52 Å². The molecule has 1 aliphatic rings. The molecule has 1 aliphatic heterocycles. The summed E-state index contributed by atoms with van der Waals surface area (Å²) in [6.45, 7) is 6.90. The molecule has 1 fully saturated rings. The highest BCUT2D eigenvalue weighted by molar-refractivity contribution is 5.42. The molecule has 1 saturated heterocycles. The number of rotatable bonds is 4. The number of H-pyrrole nitrogens is 1. The van der Waals surface area contributed by atoms with Gasteiger partial charge in [-0.3, -0.25) is 19.8 Å². The first-order valence-electron chi connectivity index (χ1n) is 8.88. The average molecular weight is 337 g/mol. The first kappa shape index (κ1) is 16.0. The molecule has 0 radical (unpaired) electrons. The Morgan fingerprint density at radius 2 is 2.12 bits per heavy atom. The second-order valence-corrected chi connectivity index (χ2v) is 6.82. The molecule has 1 N–H and O–H groups in total. The van der Waals surface area contributed by atoms with E-state index >= 15 is 0 Å². The van der Waals surface area contributed by atoms with E-state index in [2.05, 4.69) is 32.1 Å². The predicted octanol–water partition coefficient (Wildman–Crippen LogP) is 2.28. The van der Waals surface area contributed by atoms with Crippen LogP contribution in [-0.2, 0) is 13.0 Å². The quantitative estimate of drug-likeness (QED) is 0.793. The second-order valence-electron chi connectivity index (χ2n) is 6.82. The second kappa shape index (κ2) is 6.44. The van der Waals surface area contributed by atoms with Gasteiger partial charge in [0.1, 0.15) is 0 Å². The van der Waals surface area contributed by atoms with Gasteiger partial charge in [-0.25, -0.2) is 9.50 Å². The van der Waals surface area contributed by atoms with Crippen molar-refractivity contribution >= 4 is 5.65 Å². The minimum absolute atomic E-state index is 0.0305. The van der Waals surface area contributed by atoms with Crippen molar-refractivity contribution in [1.29, 1.82) is 0 Å². The highest BCUT2D eigenvalue weighted by Gasteiger charge is 2.26. The molecular formula is C19H23N5O. The molecule has 0 amide bonds. The van der Waals surface area contributed by atoms with Crippen LogP contribution in [0.1, 0.15) is 41.8 Å². The van der Waals surface area contributed by atoms with Gasteiger partial charge in [0.2, 0.25) is 0 Å². The van der Waals surface area contributed by atoms with Gasteiger partial charge in [0, 0.05) is 54.4 Å². The number of aromatic nitrogens is 4. The Kier molecular flexibility index (Phi) is 4.13. The van der Waals surface area contributed by atoms with Crippen LogP contribution in [-0.4, -0.2) is 37.6 Å². The summed E-state index contributed by atoms with van der Waals surface area (Å²) in [5, 5.41) is 3.30. The first-order chi connectivity index (χ1) is 12.2. The monoisotopic (exact) mass is 337 g/mol. The molecule has 3 aromatic heterocycles. The molecule has 3 aromatic rings. The van der Waals surface area contributed by atoms with E-state index in [0.29, 0.717) is 12.3 Å².